The fourth-order valence-corrected chi connectivity index (χ4v) is 4.55. The SMILES string of the molecule is CO[C@H]1O[C@H](COC(c2ccccc2)(c2ccccc2)c2ccccc2)[C@@H](OC(C)=O)[C@H](O)[C@H]1O. The first-order valence-electron chi connectivity index (χ1n) is 11.5. The Morgan fingerprint density at radius 2 is 1.29 bits per heavy atom. The molecule has 0 radical (unpaired) electrons. The van der Waals surface area contributed by atoms with E-state index in [4.69, 9.17) is 18.9 Å². The van der Waals surface area contributed by atoms with Gasteiger partial charge in [0.05, 0.1) is 6.61 Å². The van der Waals surface area contributed by atoms with Gasteiger partial charge < -0.3 is 29.2 Å². The Morgan fingerprint density at radius 1 is 0.829 bits per heavy atom. The molecule has 0 unspecified atom stereocenters. The van der Waals surface area contributed by atoms with Gasteiger partial charge in [0.25, 0.3) is 0 Å². The maximum absolute atomic E-state index is 11.8. The lowest BCUT2D eigenvalue weighted by Gasteiger charge is -2.43. The van der Waals surface area contributed by atoms with E-state index in [0.717, 1.165) is 16.7 Å². The molecule has 184 valence electrons. The monoisotopic (exact) mass is 478 g/mol. The third-order valence-corrected chi connectivity index (χ3v) is 6.18. The highest BCUT2D eigenvalue weighted by atomic mass is 16.7. The summed E-state index contributed by atoms with van der Waals surface area (Å²) in [5, 5.41) is 21.1. The molecular formula is C28H30O7. The largest absolute Gasteiger partial charge is 0.457 e. The Bertz CT molecular complexity index is 978. The van der Waals surface area contributed by atoms with Gasteiger partial charge in [-0.05, 0) is 16.7 Å². The van der Waals surface area contributed by atoms with E-state index in [9.17, 15) is 15.0 Å². The summed E-state index contributed by atoms with van der Waals surface area (Å²) in [6, 6.07) is 29.4. The molecule has 1 heterocycles. The van der Waals surface area contributed by atoms with E-state index in [0.29, 0.717) is 0 Å². The van der Waals surface area contributed by atoms with Crippen LogP contribution < -0.4 is 0 Å². The summed E-state index contributed by atoms with van der Waals surface area (Å²) in [5.74, 6) is -0.605. The van der Waals surface area contributed by atoms with Crippen LogP contribution in [0.5, 0.6) is 0 Å². The molecule has 1 fully saturated rings. The Kier molecular flexibility index (Phi) is 7.95. The van der Waals surface area contributed by atoms with Crippen LogP contribution in [-0.2, 0) is 29.3 Å². The smallest absolute Gasteiger partial charge is 0.303 e. The average molecular weight is 479 g/mol. The van der Waals surface area contributed by atoms with E-state index >= 15 is 0 Å². The van der Waals surface area contributed by atoms with Gasteiger partial charge in [-0.15, -0.1) is 0 Å². The Hall–Kier alpha value is -3.07. The standard InChI is InChI=1S/C28H30O7/c1-19(29)34-26-23(35-27(32-2)25(31)24(26)30)18-33-28(20-12-6-3-7-13-20,21-14-8-4-9-15-21)22-16-10-5-11-17-22/h3-17,23-27,30-31H,18H2,1-2H3/t23-,24-,25-,26-,27+/m1/s1. The molecule has 5 atom stereocenters. The number of ether oxygens (including phenoxy) is 4. The number of aliphatic hydroxyl groups is 2. The van der Waals surface area contributed by atoms with Gasteiger partial charge in [-0.3, -0.25) is 4.79 Å². The second-order valence-corrected chi connectivity index (χ2v) is 8.42. The highest BCUT2D eigenvalue weighted by molar-refractivity contribution is 5.66. The minimum absolute atomic E-state index is 0.0692. The molecule has 0 bridgehead atoms. The Morgan fingerprint density at radius 3 is 1.69 bits per heavy atom. The van der Waals surface area contributed by atoms with Crippen LogP contribution in [0.1, 0.15) is 23.6 Å². The fourth-order valence-electron chi connectivity index (χ4n) is 4.55. The molecule has 0 saturated carbocycles. The van der Waals surface area contributed by atoms with Crippen LogP contribution in [0, 0.1) is 0 Å². The molecule has 0 aliphatic carbocycles. The highest BCUT2D eigenvalue weighted by Gasteiger charge is 2.48. The van der Waals surface area contributed by atoms with Crippen molar-refractivity contribution in [2.75, 3.05) is 13.7 Å². The molecule has 7 nitrogen and oxygen atoms in total. The molecule has 0 spiro atoms. The van der Waals surface area contributed by atoms with Gasteiger partial charge >= 0.3 is 5.97 Å². The van der Waals surface area contributed by atoms with E-state index in [1.807, 2.05) is 91.0 Å². The van der Waals surface area contributed by atoms with Gasteiger partial charge in [-0.25, -0.2) is 0 Å². The van der Waals surface area contributed by atoms with E-state index in [-0.39, 0.29) is 6.61 Å². The van der Waals surface area contributed by atoms with E-state index < -0.39 is 42.3 Å². The third kappa shape index (κ3) is 5.15. The zero-order chi connectivity index (χ0) is 24.8. The lowest BCUT2D eigenvalue weighted by Crippen LogP contribution is -2.60. The van der Waals surface area contributed by atoms with Crippen molar-refractivity contribution < 1.29 is 34.0 Å². The second-order valence-electron chi connectivity index (χ2n) is 8.42. The first-order chi connectivity index (χ1) is 17.0. The van der Waals surface area contributed by atoms with Crippen molar-refractivity contribution >= 4 is 5.97 Å². The fraction of sp³-hybridized carbons (Fsp3) is 0.321. The summed E-state index contributed by atoms with van der Waals surface area (Å²) in [6.45, 7) is 1.17. The first-order valence-corrected chi connectivity index (χ1v) is 11.5. The molecule has 35 heavy (non-hydrogen) atoms. The van der Waals surface area contributed by atoms with Crippen molar-refractivity contribution in [1.29, 1.82) is 0 Å². The molecule has 3 aromatic carbocycles. The lowest BCUT2D eigenvalue weighted by atomic mass is 9.80. The van der Waals surface area contributed by atoms with Gasteiger partial charge in [0.1, 0.15) is 23.9 Å². The molecule has 2 N–H and O–H groups in total. The van der Waals surface area contributed by atoms with E-state index in [1.165, 1.54) is 14.0 Å². The molecule has 7 heteroatoms. The lowest BCUT2D eigenvalue weighted by molar-refractivity contribution is -0.301. The number of benzene rings is 3. The van der Waals surface area contributed by atoms with Crippen LogP contribution in [0.3, 0.4) is 0 Å². The molecular weight excluding hydrogens is 448 g/mol. The van der Waals surface area contributed by atoms with Crippen molar-refractivity contribution in [3.05, 3.63) is 108 Å². The summed E-state index contributed by atoms with van der Waals surface area (Å²) in [4.78, 5) is 11.8. The predicted octanol–water partition coefficient (Wildman–Crippen LogP) is 3.02. The van der Waals surface area contributed by atoms with Gasteiger partial charge in [0, 0.05) is 14.0 Å². The van der Waals surface area contributed by atoms with Crippen molar-refractivity contribution in [3.63, 3.8) is 0 Å². The summed E-state index contributed by atoms with van der Waals surface area (Å²) in [6.07, 6.45) is -5.95. The van der Waals surface area contributed by atoms with Crippen molar-refractivity contribution in [2.24, 2.45) is 0 Å². The van der Waals surface area contributed by atoms with Gasteiger partial charge in [-0.1, -0.05) is 91.0 Å². The zero-order valence-electron chi connectivity index (χ0n) is 19.7. The minimum atomic E-state index is -1.41. The second kappa shape index (κ2) is 11.1. The number of carbonyl (C=O) groups is 1. The van der Waals surface area contributed by atoms with E-state index in [2.05, 4.69) is 0 Å². The molecule has 0 aromatic heterocycles. The van der Waals surface area contributed by atoms with Crippen molar-refractivity contribution in [3.8, 4) is 0 Å². The van der Waals surface area contributed by atoms with Crippen LogP contribution in [0.2, 0.25) is 0 Å². The number of aliphatic hydroxyl groups excluding tert-OH is 2. The quantitative estimate of drug-likeness (QED) is 0.380. The molecule has 4 rings (SSSR count). The van der Waals surface area contributed by atoms with Crippen molar-refractivity contribution in [2.45, 2.75) is 43.2 Å². The molecule has 1 saturated heterocycles. The van der Waals surface area contributed by atoms with Crippen LogP contribution in [0.15, 0.2) is 91.0 Å². The van der Waals surface area contributed by atoms with Gasteiger partial charge in [0.2, 0.25) is 0 Å². The Balaban J connectivity index is 1.78. The maximum Gasteiger partial charge on any atom is 0.303 e. The highest BCUT2D eigenvalue weighted by Crippen LogP contribution is 2.41. The van der Waals surface area contributed by atoms with Gasteiger partial charge in [-0.2, -0.15) is 0 Å². The summed E-state index contributed by atoms with van der Waals surface area (Å²) < 4.78 is 23.2. The summed E-state index contributed by atoms with van der Waals surface area (Å²) >= 11 is 0. The van der Waals surface area contributed by atoms with Crippen LogP contribution in [0.25, 0.3) is 0 Å². The van der Waals surface area contributed by atoms with Crippen molar-refractivity contribution in [1.82, 2.24) is 0 Å². The van der Waals surface area contributed by atoms with Crippen LogP contribution in [0.4, 0.5) is 0 Å². The summed E-state index contributed by atoms with van der Waals surface area (Å²) in [5.41, 5.74) is 1.64. The Labute approximate surface area is 204 Å². The van der Waals surface area contributed by atoms with Gasteiger partial charge in [0.15, 0.2) is 12.4 Å². The topological polar surface area (TPSA) is 94.5 Å². The first kappa shape index (κ1) is 25.0. The van der Waals surface area contributed by atoms with E-state index in [1.54, 1.807) is 0 Å². The molecule has 1 aliphatic heterocycles. The normalized spacial score (nSPS) is 24.6. The zero-order valence-corrected chi connectivity index (χ0v) is 19.7. The molecule has 0 amide bonds. The number of hydrogen-bond acceptors (Lipinski definition) is 7. The molecule has 1 aliphatic rings. The predicted molar refractivity (Wildman–Crippen MR) is 128 cm³/mol. The number of methoxy groups -OCH3 is 1. The number of rotatable bonds is 8. The number of carbonyl (C=O) groups excluding carboxylic acids is 1. The number of esters is 1. The summed E-state index contributed by atoms with van der Waals surface area (Å²) in [7, 11) is 1.37. The van der Waals surface area contributed by atoms with Crippen LogP contribution in [-0.4, -0.2) is 60.6 Å². The van der Waals surface area contributed by atoms with Crippen LogP contribution >= 0.6 is 0 Å². The molecule has 3 aromatic rings. The maximum atomic E-state index is 11.8. The minimum Gasteiger partial charge on any atom is -0.457 e. The average Bonchev–Trinajstić information content (AvgIpc) is 2.90. The number of hydrogen-bond donors (Lipinski definition) is 2. The third-order valence-electron chi connectivity index (χ3n) is 6.18.